The molecule has 1 unspecified atom stereocenters. The van der Waals surface area contributed by atoms with Crippen molar-refractivity contribution in [1.82, 2.24) is 5.32 Å². The van der Waals surface area contributed by atoms with Crippen molar-refractivity contribution in [3.63, 3.8) is 0 Å². The summed E-state index contributed by atoms with van der Waals surface area (Å²) in [5.41, 5.74) is 1.49. The van der Waals surface area contributed by atoms with Crippen LogP contribution in [-0.2, 0) is 0 Å². The normalized spacial score (nSPS) is 12.9. The Balaban J connectivity index is 2.71. The Hall–Kier alpha value is -0.820. The molecule has 0 aliphatic rings. The Kier molecular flexibility index (Phi) is 6.95. The zero-order chi connectivity index (χ0) is 12.5. The van der Waals surface area contributed by atoms with Crippen LogP contribution in [0.25, 0.3) is 0 Å². The first-order chi connectivity index (χ1) is 8.33. The quantitative estimate of drug-likeness (QED) is 0.663. The van der Waals surface area contributed by atoms with Crippen molar-refractivity contribution in [2.75, 3.05) is 13.1 Å². The van der Waals surface area contributed by atoms with Crippen LogP contribution in [0.2, 0.25) is 0 Å². The van der Waals surface area contributed by atoms with E-state index in [1.54, 1.807) is 0 Å². The maximum Gasteiger partial charge on any atom is 0.00228 e. The van der Waals surface area contributed by atoms with Gasteiger partial charge >= 0.3 is 0 Å². The van der Waals surface area contributed by atoms with Gasteiger partial charge in [-0.15, -0.1) is 0 Å². The van der Waals surface area contributed by atoms with Crippen LogP contribution in [-0.4, -0.2) is 13.1 Å². The van der Waals surface area contributed by atoms with Gasteiger partial charge in [-0.25, -0.2) is 0 Å². The highest BCUT2D eigenvalue weighted by molar-refractivity contribution is 5.20. The highest BCUT2D eigenvalue weighted by Crippen LogP contribution is 2.28. The molecule has 0 fully saturated rings. The van der Waals surface area contributed by atoms with Gasteiger partial charge in [-0.05, 0) is 30.4 Å². The molecule has 0 spiro atoms. The summed E-state index contributed by atoms with van der Waals surface area (Å²) >= 11 is 0. The minimum Gasteiger partial charge on any atom is -0.316 e. The summed E-state index contributed by atoms with van der Waals surface area (Å²) in [5.74, 6) is 1.46. The molecule has 0 amide bonds. The first kappa shape index (κ1) is 14.2. The molecule has 0 aromatic heterocycles. The van der Waals surface area contributed by atoms with Gasteiger partial charge < -0.3 is 5.32 Å². The van der Waals surface area contributed by atoms with Gasteiger partial charge in [0.1, 0.15) is 0 Å². The Labute approximate surface area is 107 Å². The number of hydrogen-bond acceptors (Lipinski definition) is 1. The van der Waals surface area contributed by atoms with E-state index in [2.05, 4.69) is 56.4 Å². The molecule has 1 atom stereocenters. The Morgan fingerprint density at radius 3 is 2.18 bits per heavy atom. The smallest absolute Gasteiger partial charge is 0.00228 e. The van der Waals surface area contributed by atoms with Gasteiger partial charge in [0.2, 0.25) is 0 Å². The molecule has 1 aromatic carbocycles. The third-order valence-corrected chi connectivity index (χ3v) is 3.64. The van der Waals surface area contributed by atoms with Crippen molar-refractivity contribution in [3.05, 3.63) is 35.9 Å². The van der Waals surface area contributed by atoms with Crippen molar-refractivity contribution in [2.24, 2.45) is 5.92 Å². The van der Waals surface area contributed by atoms with Gasteiger partial charge in [0, 0.05) is 6.54 Å². The van der Waals surface area contributed by atoms with Gasteiger partial charge in [-0.2, -0.15) is 0 Å². The lowest BCUT2D eigenvalue weighted by molar-refractivity contribution is 0.380. The van der Waals surface area contributed by atoms with E-state index >= 15 is 0 Å². The summed E-state index contributed by atoms with van der Waals surface area (Å²) in [5, 5.41) is 3.58. The van der Waals surface area contributed by atoms with E-state index in [-0.39, 0.29) is 0 Å². The van der Waals surface area contributed by atoms with Gasteiger partial charge in [0.15, 0.2) is 0 Å². The van der Waals surface area contributed by atoms with E-state index in [0.29, 0.717) is 5.92 Å². The zero-order valence-corrected chi connectivity index (χ0v) is 11.6. The Morgan fingerprint density at radius 2 is 1.65 bits per heavy atom. The van der Waals surface area contributed by atoms with Crippen LogP contribution in [0.3, 0.4) is 0 Å². The van der Waals surface area contributed by atoms with Crippen molar-refractivity contribution in [3.8, 4) is 0 Å². The number of nitrogens with one attached hydrogen (secondary N) is 1. The van der Waals surface area contributed by atoms with Crippen molar-refractivity contribution in [1.29, 1.82) is 0 Å². The van der Waals surface area contributed by atoms with Crippen LogP contribution in [0.5, 0.6) is 0 Å². The molecule has 0 radical (unpaired) electrons. The van der Waals surface area contributed by atoms with Crippen molar-refractivity contribution in [2.45, 2.75) is 46.0 Å². The third kappa shape index (κ3) is 4.51. The van der Waals surface area contributed by atoms with E-state index in [4.69, 9.17) is 0 Å². The highest BCUT2D eigenvalue weighted by atomic mass is 14.9. The molecule has 17 heavy (non-hydrogen) atoms. The van der Waals surface area contributed by atoms with Gasteiger partial charge in [0.05, 0.1) is 0 Å². The summed E-state index contributed by atoms with van der Waals surface area (Å²) < 4.78 is 0. The highest BCUT2D eigenvalue weighted by Gasteiger charge is 2.19. The lowest BCUT2D eigenvalue weighted by atomic mass is 9.82. The van der Waals surface area contributed by atoms with Gasteiger partial charge in [0.25, 0.3) is 0 Å². The SMILES string of the molecule is CCCNCC(c1ccccc1)C(CC)CC. The van der Waals surface area contributed by atoms with E-state index in [9.17, 15) is 0 Å². The topological polar surface area (TPSA) is 12.0 Å². The van der Waals surface area contributed by atoms with Gasteiger partial charge in [-0.1, -0.05) is 63.9 Å². The van der Waals surface area contributed by atoms with E-state index in [1.807, 2.05) is 0 Å². The second-order valence-electron chi connectivity index (χ2n) is 4.80. The van der Waals surface area contributed by atoms with Gasteiger partial charge in [-0.3, -0.25) is 0 Å². The van der Waals surface area contributed by atoms with Crippen LogP contribution in [0.1, 0.15) is 51.5 Å². The average Bonchev–Trinajstić information content (AvgIpc) is 2.39. The molecular weight excluding hydrogens is 206 g/mol. The largest absolute Gasteiger partial charge is 0.316 e. The lowest BCUT2D eigenvalue weighted by Crippen LogP contribution is -2.27. The number of hydrogen-bond donors (Lipinski definition) is 1. The molecule has 0 saturated heterocycles. The standard InChI is InChI=1S/C16H27N/c1-4-12-17-13-16(14(5-2)6-3)15-10-8-7-9-11-15/h7-11,14,16-17H,4-6,12-13H2,1-3H3. The monoisotopic (exact) mass is 233 g/mol. The summed E-state index contributed by atoms with van der Waals surface area (Å²) in [7, 11) is 0. The third-order valence-electron chi connectivity index (χ3n) is 3.64. The van der Waals surface area contributed by atoms with Crippen LogP contribution < -0.4 is 5.32 Å². The molecule has 0 saturated carbocycles. The maximum atomic E-state index is 3.58. The molecule has 0 aliphatic carbocycles. The fraction of sp³-hybridized carbons (Fsp3) is 0.625. The summed E-state index contributed by atoms with van der Waals surface area (Å²) in [6, 6.07) is 11.0. The first-order valence-corrected chi connectivity index (χ1v) is 7.09. The molecule has 96 valence electrons. The van der Waals surface area contributed by atoms with Crippen LogP contribution in [0.15, 0.2) is 30.3 Å². The molecule has 1 heteroatoms. The molecule has 0 bridgehead atoms. The Bertz CT molecular complexity index is 277. The molecule has 0 aliphatic heterocycles. The molecule has 1 N–H and O–H groups in total. The fourth-order valence-corrected chi connectivity index (χ4v) is 2.55. The number of rotatable bonds is 8. The predicted octanol–water partition coefficient (Wildman–Crippen LogP) is 4.21. The summed E-state index contributed by atoms with van der Waals surface area (Å²) in [4.78, 5) is 0. The van der Waals surface area contributed by atoms with Crippen molar-refractivity contribution >= 4 is 0 Å². The Morgan fingerprint density at radius 1 is 1.00 bits per heavy atom. The molecule has 1 aromatic rings. The summed E-state index contributed by atoms with van der Waals surface area (Å²) in [6.45, 7) is 9.09. The number of benzene rings is 1. The molecular formula is C16H27N. The lowest BCUT2D eigenvalue weighted by Gasteiger charge is -2.26. The van der Waals surface area contributed by atoms with Crippen molar-refractivity contribution < 1.29 is 0 Å². The zero-order valence-electron chi connectivity index (χ0n) is 11.6. The van der Waals surface area contributed by atoms with Crippen LogP contribution in [0.4, 0.5) is 0 Å². The average molecular weight is 233 g/mol. The van der Waals surface area contributed by atoms with E-state index in [0.717, 1.165) is 19.0 Å². The fourth-order valence-electron chi connectivity index (χ4n) is 2.55. The maximum absolute atomic E-state index is 3.58. The van der Waals surface area contributed by atoms with E-state index in [1.165, 1.54) is 24.8 Å². The minimum absolute atomic E-state index is 0.665. The van der Waals surface area contributed by atoms with Crippen LogP contribution in [0, 0.1) is 5.92 Å². The molecule has 0 heterocycles. The second-order valence-corrected chi connectivity index (χ2v) is 4.80. The minimum atomic E-state index is 0.665. The predicted molar refractivity (Wildman–Crippen MR) is 76.4 cm³/mol. The second kappa shape index (κ2) is 8.30. The summed E-state index contributed by atoms with van der Waals surface area (Å²) in [6.07, 6.45) is 3.75. The van der Waals surface area contributed by atoms with Crippen LogP contribution >= 0.6 is 0 Å². The van der Waals surface area contributed by atoms with E-state index < -0.39 is 0 Å². The molecule has 1 rings (SSSR count). The molecule has 1 nitrogen and oxygen atoms in total. The first-order valence-electron chi connectivity index (χ1n) is 7.09.